The molecule has 5 nitrogen and oxygen atoms in total. The van der Waals surface area contributed by atoms with Crippen molar-refractivity contribution >= 4 is 11.8 Å². The van der Waals surface area contributed by atoms with Gasteiger partial charge in [-0.25, -0.2) is 0 Å². The van der Waals surface area contributed by atoms with Gasteiger partial charge in [0.1, 0.15) is 0 Å². The lowest BCUT2D eigenvalue weighted by Crippen LogP contribution is -2.42. The lowest BCUT2D eigenvalue weighted by Gasteiger charge is -2.31. The highest BCUT2D eigenvalue weighted by Crippen LogP contribution is 2.25. The SMILES string of the molecule is CCCC(=O)N1CCc2cc(C(=O)N3CCC[C@H]3CN3CCCC3)ccc2C1. The molecular formula is C23H33N3O2. The highest BCUT2D eigenvalue weighted by atomic mass is 16.2. The van der Waals surface area contributed by atoms with Crippen molar-refractivity contribution in [2.45, 2.75) is 64.5 Å². The summed E-state index contributed by atoms with van der Waals surface area (Å²) in [6.45, 7) is 7.78. The minimum absolute atomic E-state index is 0.189. The third-order valence-corrected chi connectivity index (χ3v) is 6.59. The number of fused-ring (bicyclic) bond motifs is 1. The summed E-state index contributed by atoms with van der Waals surface area (Å²) < 4.78 is 0. The van der Waals surface area contributed by atoms with Crippen LogP contribution in [-0.4, -0.2) is 65.3 Å². The van der Waals surface area contributed by atoms with E-state index in [4.69, 9.17) is 0 Å². The van der Waals surface area contributed by atoms with Gasteiger partial charge in [-0.3, -0.25) is 9.59 Å². The normalized spacial score (nSPS) is 22.5. The number of benzene rings is 1. The minimum atomic E-state index is 0.189. The fourth-order valence-corrected chi connectivity index (χ4v) is 4.99. The summed E-state index contributed by atoms with van der Waals surface area (Å²) in [5.74, 6) is 0.434. The van der Waals surface area contributed by atoms with E-state index in [0.717, 1.165) is 50.9 Å². The van der Waals surface area contributed by atoms with Crippen molar-refractivity contribution in [1.82, 2.24) is 14.7 Å². The fraction of sp³-hybridized carbons (Fsp3) is 0.652. The van der Waals surface area contributed by atoms with E-state index in [1.165, 1.54) is 37.1 Å². The molecule has 0 aromatic heterocycles. The van der Waals surface area contributed by atoms with E-state index >= 15 is 0 Å². The van der Waals surface area contributed by atoms with E-state index < -0.39 is 0 Å². The van der Waals surface area contributed by atoms with Crippen molar-refractivity contribution in [3.63, 3.8) is 0 Å². The molecule has 0 N–H and O–H groups in total. The quantitative estimate of drug-likeness (QED) is 0.785. The standard InChI is InChI=1S/C23H33N3O2/c1-2-6-22(27)25-14-10-18-15-19(8-9-20(18)16-25)23(28)26-13-5-7-21(26)17-24-11-3-4-12-24/h8-9,15,21H,2-7,10-14,16-17H2,1H3/t21-/m0/s1. The topological polar surface area (TPSA) is 43.9 Å². The van der Waals surface area contributed by atoms with Gasteiger partial charge in [-0.15, -0.1) is 0 Å². The Morgan fingerprint density at radius 3 is 2.64 bits per heavy atom. The van der Waals surface area contributed by atoms with Gasteiger partial charge in [-0.1, -0.05) is 13.0 Å². The molecule has 2 fully saturated rings. The van der Waals surface area contributed by atoms with Crippen LogP contribution in [0.2, 0.25) is 0 Å². The van der Waals surface area contributed by atoms with Crippen molar-refractivity contribution in [2.75, 3.05) is 32.7 Å². The lowest BCUT2D eigenvalue weighted by atomic mass is 9.96. The second kappa shape index (κ2) is 8.64. The van der Waals surface area contributed by atoms with Gasteiger partial charge in [0, 0.05) is 44.2 Å². The molecule has 1 aromatic carbocycles. The molecule has 5 heteroatoms. The van der Waals surface area contributed by atoms with Gasteiger partial charge in [0.15, 0.2) is 0 Å². The zero-order valence-corrected chi connectivity index (χ0v) is 17.2. The Hall–Kier alpha value is -1.88. The maximum atomic E-state index is 13.2. The molecule has 1 atom stereocenters. The Labute approximate surface area is 168 Å². The van der Waals surface area contributed by atoms with Crippen LogP contribution in [0, 0.1) is 0 Å². The van der Waals surface area contributed by atoms with E-state index in [0.29, 0.717) is 19.0 Å². The number of hydrogen-bond acceptors (Lipinski definition) is 3. The summed E-state index contributed by atoms with van der Waals surface area (Å²) >= 11 is 0. The van der Waals surface area contributed by atoms with Gasteiger partial charge >= 0.3 is 0 Å². The molecule has 3 aliphatic rings. The maximum Gasteiger partial charge on any atom is 0.254 e. The first-order chi connectivity index (χ1) is 13.7. The molecule has 0 radical (unpaired) electrons. The molecule has 0 spiro atoms. The van der Waals surface area contributed by atoms with Gasteiger partial charge in [0.25, 0.3) is 5.91 Å². The van der Waals surface area contributed by atoms with E-state index in [1.54, 1.807) is 0 Å². The van der Waals surface area contributed by atoms with Crippen LogP contribution in [0.25, 0.3) is 0 Å². The number of amides is 2. The van der Waals surface area contributed by atoms with Crippen LogP contribution >= 0.6 is 0 Å². The fourth-order valence-electron chi connectivity index (χ4n) is 4.99. The Kier molecular flexibility index (Phi) is 6.00. The number of nitrogens with zero attached hydrogens (tertiary/aromatic N) is 3. The minimum Gasteiger partial charge on any atom is -0.338 e. The molecule has 3 heterocycles. The summed E-state index contributed by atoms with van der Waals surface area (Å²) in [6, 6.07) is 6.49. The monoisotopic (exact) mass is 383 g/mol. The second-order valence-corrected chi connectivity index (χ2v) is 8.60. The molecule has 2 saturated heterocycles. The molecule has 4 rings (SSSR count). The average Bonchev–Trinajstić information content (AvgIpc) is 3.39. The van der Waals surface area contributed by atoms with Gasteiger partial charge in [0.2, 0.25) is 5.91 Å². The third kappa shape index (κ3) is 4.09. The number of rotatable bonds is 5. The van der Waals surface area contributed by atoms with Gasteiger partial charge in [-0.05, 0) is 74.9 Å². The summed E-state index contributed by atoms with van der Waals surface area (Å²) in [5, 5.41) is 0. The van der Waals surface area contributed by atoms with Crippen LogP contribution in [0.15, 0.2) is 18.2 Å². The second-order valence-electron chi connectivity index (χ2n) is 8.60. The van der Waals surface area contributed by atoms with Gasteiger partial charge < -0.3 is 14.7 Å². The number of hydrogen-bond donors (Lipinski definition) is 0. The lowest BCUT2D eigenvalue weighted by molar-refractivity contribution is -0.132. The first-order valence-electron chi connectivity index (χ1n) is 11.1. The van der Waals surface area contributed by atoms with Crippen molar-refractivity contribution in [2.24, 2.45) is 0 Å². The maximum absolute atomic E-state index is 13.2. The van der Waals surface area contributed by atoms with Crippen LogP contribution in [0.3, 0.4) is 0 Å². The van der Waals surface area contributed by atoms with E-state index in [2.05, 4.69) is 21.9 Å². The van der Waals surface area contributed by atoms with E-state index in [-0.39, 0.29) is 11.8 Å². The summed E-state index contributed by atoms with van der Waals surface area (Å²) in [4.78, 5) is 32.0. The number of carbonyl (C=O) groups excluding carboxylic acids is 2. The number of carbonyl (C=O) groups is 2. The van der Waals surface area contributed by atoms with Crippen LogP contribution in [0.1, 0.15) is 66.9 Å². The van der Waals surface area contributed by atoms with Crippen LogP contribution < -0.4 is 0 Å². The molecule has 152 valence electrons. The highest BCUT2D eigenvalue weighted by Gasteiger charge is 2.32. The van der Waals surface area contributed by atoms with Crippen molar-refractivity contribution in [3.05, 3.63) is 34.9 Å². The smallest absolute Gasteiger partial charge is 0.254 e. The molecule has 0 saturated carbocycles. The molecule has 2 amide bonds. The Bertz CT molecular complexity index is 727. The predicted octanol–water partition coefficient (Wildman–Crippen LogP) is 3.07. The first-order valence-corrected chi connectivity index (χ1v) is 11.1. The average molecular weight is 384 g/mol. The van der Waals surface area contributed by atoms with Crippen molar-refractivity contribution in [3.8, 4) is 0 Å². The first kappa shape index (κ1) is 19.4. The van der Waals surface area contributed by atoms with Gasteiger partial charge in [-0.2, -0.15) is 0 Å². The highest BCUT2D eigenvalue weighted by molar-refractivity contribution is 5.95. The zero-order chi connectivity index (χ0) is 19.5. The van der Waals surface area contributed by atoms with Crippen LogP contribution in [0.5, 0.6) is 0 Å². The summed E-state index contributed by atoms with van der Waals surface area (Å²) in [7, 11) is 0. The largest absolute Gasteiger partial charge is 0.338 e. The molecule has 28 heavy (non-hydrogen) atoms. The summed E-state index contributed by atoms with van der Waals surface area (Å²) in [5.41, 5.74) is 3.25. The van der Waals surface area contributed by atoms with Crippen LogP contribution in [-0.2, 0) is 17.8 Å². The van der Waals surface area contributed by atoms with E-state index in [9.17, 15) is 9.59 Å². The zero-order valence-electron chi connectivity index (χ0n) is 17.2. The van der Waals surface area contributed by atoms with Gasteiger partial charge in [0.05, 0.1) is 0 Å². The number of likely N-dealkylation sites (tertiary alicyclic amines) is 2. The molecule has 3 aliphatic heterocycles. The van der Waals surface area contributed by atoms with E-state index in [1.807, 2.05) is 17.9 Å². The molecule has 0 bridgehead atoms. The predicted molar refractivity (Wildman–Crippen MR) is 110 cm³/mol. The van der Waals surface area contributed by atoms with Crippen molar-refractivity contribution < 1.29 is 9.59 Å². The molecule has 0 aliphatic carbocycles. The third-order valence-electron chi connectivity index (χ3n) is 6.59. The Balaban J connectivity index is 1.43. The Morgan fingerprint density at radius 1 is 1.04 bits per heavy atom. The molecular weight excluding hydrogens is 350 g/mol. The Morgan fingerprint density at radius 2 is 1.86 bits per heavy atom. The van der Waals surface area contributed by atoms with Crippen molar-refractivity contribution in [1.29, 1.82) is 0 Å². The van der Waals surface area contributed by atoms with Crippen LogP contribution in [0.4, 0.5) is 0 Å². The molecule has 0 unspecified atom stereocenters. The summed E-state index contributed by atoms with van der Waals surface area (Å²) in [6.07, 6.45) is 7.20. The molecule has 1 aromatic rings.